The Labute approximate surface area is 102 Å². The van der Waals surface area contributed by atoms with Gasteiger partial charge < -0.3 is 11.1 Å². The zero-order valence-corrected chi connectivity index (χ0v) is 9.76. The van der Waals surface area contributed by atoms with Crippen LogP contribution in [0.5, 0.6) is 0 Å². The predicted octanol–water partition coefficient (Wildman–Crippen LogP) is 2.40. The van der Waals surface area contributed by atoms with Crippen molar-refractivity contribution in [2.75, 3.05) is 5.73 Å². The molecular weight excluding hydrogens is 239 g/mol. The fraction of sp³-hybridized carbons (Fsp3) is 0.0833. The van der Waals surface area contributed by atoms with Crippen LogP contribution in [0.4, 0.5) is 10.1 Å². The summed E-state index contributed by atoms with van der Waals surface area (Å²) in [6.45, 7) is 0.423. The minimum Gasteiger partial charge on any atom is -0.396 e. The van der Waals surface area contributed by atoms with Crippen LogP contribution in [0.3, 0.4) is 0 Å². The van der Waals surface area contributed by atoms with Gasteiger partial charge in [-0.15, -0.1) is 11.3 Å². The molecule has 1 heterocycles. The number of thiophene rings is 1. The summed E-state index contributed by atoms with van der Waals surface area (Å²) in [6.07, 6.45) is 0. The van der Waals surface area contributed by atoms with Gasteiger partial charge in [-0.2, -0.15) is 0 Å². The quantitative estimate of drug-likeness (QED) is 0.822. The van der Waals surface area contributed by atoms with E-state index < -0.39 is 5.82 Å². The lowest BCUT2D eigenvalue weighted by molar-refractivity contribution is 0.0952. The van der Waals surface area contributed by atoms with Crippen molar-refractivity contribution in [1.29, 1.82) is 0 Å². The number of amides is 1. The van der Waals surface area contributed by atoms with Crippen LogP contribution in [0.2, 0.25) is 0 Å². The number of halogens is 1. The Balaban J connectivity index is 2.07. The molecule has 0 radical (unpaired) electrons. The second-order valence-corrected chi connectivity index (χ2v) is 4.50. The number of para-hydroxylation sites is 1. The van der Waals surface area contributed by atoms with Crippen LogP contribution >= 0.6 is 11.3 Å². The van der Waals surface area contributed by atoms with Crippen molar-refractivity contribution < 1.29 is 9.18 Å². The van der Waals surface area contributed by atoms with Crippen LogP contribution in [0.15, 0.2) is 35.7 Å². The van der Waals surface area contributed by atoms with E-state index in [2.05, 4.69) is 5.32 Å². The summed E-state index contributed by atoms with van der Waals surface area (Å²) in [5.41, 5.74) is 5.55. The van der Waals surface area contributed by atoms with Crippen LogP contribution in [0.1, 0.15) is 15.2 Å². The molecule has 2 aromatic rings. The highest BCUT2D eigenvalue weighted by Crippen LogP contribution is 2.16. The zero-order valence-electron chi connectivity index (χ0n) is 8.94. The summed E-state index contributed by atoms with van der Waals surface area (Å²) in [7, 11) is 0. The highest BCUT2D eigenvalue weighted by molar-refractivity contribution is 7.09. The first-order valence-electron chi connectivity index (χ1n) is 5.03. The maximum atomic E-state index is 13.2. The Hall–Kier alpha value is -1.88. The molecule has 0 saturated heterocycles. The molecule has 5 heteroatoms. The van der Waals surface area contributed by atoms with Gasteiger partial charge in [-0.1, -0.05) is 12.1 Å². The van der Waals surface area contributed by atoms with E-state index in [0.717, 1.165) is 4.88 Å². The van der Waals surface area contributed by atoms with Crippen molar-refractivity contribution in [2.24, 2.45) is 0 Å². The van der Waals surface area contributed by atoms with Gasteiger partial charge in [-0.05, 0) is 23.6 Å². The van der Waals surface area contributed by atoms with Crippen LogP contribution in [0, 0.1) is 5.82 Å². The highest BCUT2D eigenvalue weighted by Gasteiger charge is 2.12. The van der Waals surface area contributed by atoms with E-state index in [1.165, 1.54) is 18.2 Å². The number of carbonyl (C=O) groups excluding carboxylic acids is 1. The molecule has 0 aliphatic rings. The number of carbonyl (C=O) groups is 1. The maximum absolute atomic E-state index is 13.2. The molecule has 0 spiro atoms. The van der Waals surface area contributed by atoms with E-state index in [-0.39, 0.29) is 17.2 Å². The molecule has 0 atom stereocenters. The molecule has 0 bridgehead atoms. The summed E-state index contributed by atoms with van der Waals surface area (Å²) in [5.74, 6) is -0.941. The summed E-state index contributed by atoms with van der Waals surface area (Å²) in [6, 6.07) is 8.02. The third kappa shape index (κ3) is 2.62. The van der Waals surface area contributed by atoms with Crippen LogP contribution in [-0.2, 0) is 6.54 Å². The van der Waals surface area contributed by atoms with E-state index in [1.54, 1.807) is 11.3 Å². The van der Waals surface area contributed by atoms with Crippen molar-refractivity contribution >= 4 is 22.9 Å². The van der Waals surface area contributed by atoms with Crippen LogP contribution in [-0.4, -0.2) is 5.91 Å². The Morgan fingerprint density at radius 3 is 2.88 bits per heavy atom. The molecular formula is C12H11FN2OS. The third-order valence-corrected chi connectivity index (χ3v) is 3.18. The van der Waals surface area contributed by atoms with E-state index in [9.17, 15) is 9.18 Å². The fourth-order valence-electron chi connectivity index (χ4n) is 1.41. The molecule has 3 nitrogen and oxygen atoms in total. The van der Waals surface area contributed by atoms with Crippen molar-refractivity contribution in [3.8, 4) is 0 Å². The van der Waals surface area contributed by atoms with Gasteiger partial charge in [0.2, 0.25) is 0 Å². The Morgan fingerprint density at radius 2 is 2.18 bits per heavy atom. The number of nitrogens with one attached hydrogen (secondary N) is 1. The molecule has 0 unspecified atom stereocenters. The van der Waals surface area contributed by atoms with Crippen molar-refractivity contribution in [1.82, 2.24) is 5.32 Å². The molecule has 17 heavy (non-hydrogen) atoms. The predicted molar refractivity (Wildman–Crippen MR) is 66.3 cm³/mol. The normalized spacial score (nSPS) is 10.2. The van der Waals surface area contributed by atoms with Gasteiger partial charge in [0.05, 0.1) is 17.8 Å². The molecule has 1 aromatic carbocycles. The summed E-state index contributed by atoms with van der Waals surface area (Å²) >= 11 is 1.55. The smallest absolute Gasteiger partial charge is 0.253 e. The number of nitrogens with two attached hydrogens (primary N) is 1. The average molecular weight is 250 g/mol. The first-order valence-corrected chi connectivity index (χ1v) is 5.91. The molecule has 0 aliphatic heterocycles. The summed E-state index contributed by atoms with van der Waals surface area (Å²) in [5, 5.41) is 4.62. The summed E-state index contributed by atoms with van der Waals surface area (Å²) < 4.78 is 13.2. The summed E-state index contributed by atoms with van der Waals surface area (Å²) in [4.78, 5) is 12.8. The van der Waals surface area contributed by atoms with Crippen LogP contribution in [0.25, 0.3) is 0 Å². The van der Waals surface area contributed by atoms with Gasteiger partial charge in [-0.3, -0.25) is 4.79 Å². The molecule has 1 amide bonds. The van der Waals surface area contributed by atoms with Crippen molar-refractivity contribution in [3.05, 3.63) is 52.0 Å². The minimum absolute atomic E-state index is 0.115. The van der Waals surface area contributed by atoms with Crippen LogP contribution < -0.4 is 11.1 Å². The molecule has 0 aliphatic carbocycles. The standard InChI is InChI=1S/C12H11FN2OS/c13-10-5-1-4-9(11(10)14)12(16)15-7-8-3-2-6-17-8/h1-6H,7,14H2,(H,15,16). The Kier molecular flexibility index (Phi) is 3.39. The van der Waals surface area contributed by atoms with Gasteiger partial charge in [0.25, 0.3) is 5.91 Å². The maximum Gasteiger partial charge on any atom is 0.253 e. The fourth-order valence-corrected chi connectivity index (χ4v) is 2.06. The highest BCUT2D eigenvalue weighted by atomic mass is 32.1. The number of hydrogen-bond acceptors (Lipinski definition) is 3. The van der Waals surface area contributed by atoms with E-state index >= 15 is 0 Å². The van der Waals surface area contributed by atoms with Gasteiger partial charge in [-0.25, -0.2) is 4.39 Å². The topological polar surface area (TPSA) is 55.1 Å². The van der Waals surface area contributed by atoms with E-state index in [4.69, 9.17) is 5.73 Å². The number of benzene rings is 1. The lowest BCUT2D eigenvalue weighted by Crippen LogP contribution is -2.23. The molecule has 3 N–H and O–H groups in total. The average Bonchev–Trinajstić information content (AvgIpc) is 2.82. The lowest BCUT2D eigenvalue weighted by Gasteiger charge is -2.06. The minimum atomic E-state index is -0.575. The first kappa shape index (κ1) is 11.6. The molecule has 88 valence electrons. The number of rotatable bonds is 3. The van der Waals surface area contributed by atoms with Gasteiger partial charge >= 0.3 is 0 Å². The third-order valence-electron chi connectivity index (χ3n) is 2.30. The molecule has 0 fully saturated rings. The molecule has 2 rings (SSSR count). The van der Waals surface area contributed by atoms with E-state index in [1.807, 2.05) is 17.5 Å². The van der Waals surface area contributed by atoms with Gasteiger partial charge in [0, 0.05) is 4.88 Å². The number of anilines is 1. The Bertz CT molecular complexity index is 525. The lowest BCUT2D eigenvalue weighted by atomic mass is 10.1. The second kappa shape index (κ2) is 4.97. The second-order valence-electron chi connectivity index (χ2n) is 3.46. The number of hydrogen-bond donors (Lipinski definition) is 2. The van der Waals surface area contributed by atoms with E-state index in [0.29, 0.717) is 6.54 Å². The van der Waals surface area contributed by atoms with Crippen molar-refractivity contribution in [2.45, 2.75) is 6.54 Å². The largest absolute Gasteiger partial charge is 0.396 e. The Morgan fingerprint density at radius 1 is 1.35 bits per heavy atom. The SMILES string of the molecule is Nc1c(F)cccc1C(=O)NCc1cccs1. The van der Waals surface area contributed by atoms with Gasteiger partial charge in [0.1, 0.15) is 5.82 Å². The molecule has 0 saturated carbocycles. The zero-order chi connectivity index (χ0) is 12.3. The molecule has 1 aromatic heterocycles. The first-order chi connectivity index (χ1) is 8.18. The monoisotopic (exact) mass is 250 g/mol. The number of nitrogen functional groups attached to an aromatic ring is 1. The van der Waals surface area contributed by atoms with Crippen molar-refractivity contribution in [3.63, 3.8) is 0 Å². The van der Waals surface area contributed by atoms with Gasteiger partial charge in [0.15, 0.2) is 0 Å².